The van der Waals surface area contributed by atoms with Crippen molar-refractivity contribution >= 4 is 17.6 Å². The second-order valence-corrected chi connectivity index (χ2v) is 5.08. The van der Waals surface area contributed by atoms with E-state index in [0.29, 0.717) is 11.3 Å². The van der Waals surface area contributed by atoms with Crippen LogP contribution in [0.2, 0.25) is 0 Å². The van der Waals surface area contributed by atoms with E-state index in [0.717, 1.165) is 16.5 Å². The Hall–Kier alpha value is -1.89. The fourth-order valence-electron chi connectivity index (χ4n) is 1.55. The van der Waals surface area contributed by atoms with Gasteiger partial charge in [0.25, 0.3) is 0 Å². The summed E-state index contributed by atoms with van der Waals surface area (Å²) in [4.78, 5) is 0. The number of rotatable bonds is 4. The third kappa shape index (κ3) is 3.11. The second-order valence-electron chi connectivity index (χ2n) is 4.14. The van der Waals surface area contributed by atoms with E-state index >= 15 is 0 Å². The van der Waals surface area contributed by atoms with Gasteiger partial charge in [0, 0.05) is 18.4 Å². The number of aromatic nitrogens is 3. The van der Waals surface area contributed by atoms with E-state index in [1.54, 1.807) is 6.07 Å². The Kier molecular flexibility index (Phi) is 3.84. The van der Waals surface area contributed by atoms with Gasteiger partial charge in [-0.1, -0.05) is 11.8 Å². The first-order chi connectivity index (χ1) is 8.97. The highest BCUT2D eigenvalue weighted by molar-refractivity contribution is 7.98. The molecule has 0 aliphatic heterocycles. The summed E-state index contributed by atoms with van der Waals surface area (Å²) in [7, 11) is 1.88. The minimum absolute atomic E-state index is 0.139. The van der Waals surface area contributed by atoms with Crippen molar-refractivity contribution in [2.45, 2.75) is 17.8 Å². The van der Waals surface area contributed by atoms with E-state index in [4.69, 9.17) is 11.1 Å². The molecule has 0 atom stereocenters. The quantitative estimate of drug-likeness (QED) is 0.508. The van der Waals surface area contributed by atoms with Gasteiger partial charge in [0.05, 0.1) is 0 Å². The molecule has 1 aromatic carbocycles. The molecule has 0 aliphatic rings. The fourth-order valence-corrected chi connectivity index (χ4v) is 2.44. The Labute approximate surface area is 114 Å². The number of aryl methyl sites for hydroxylation is 1. The van der Waals surface area contributed by atoms with Gasteiger partial charge in [-0.15, -0.1) is 10.2 Å². The van der Waals surface area contributed by atoms with Gasteiger partial charge in [-0.05, 0) is 30.7 Å². The van der Waals surface area contributed by atoms with Crippen LogP contribution in [0.1, 0.15) is 17.0 Å². The van der Waals surface area contributed by atoms with Crippen LogP contribution in [-0.2, 0) is 12.8 Å². The van der Waals surface area contributed by atoms with Crippen molar-refractivity contribution in [1.82, 2.24) is 14.8 Å². The molecule has 2 aromatic rings. The Morgan fingerprint density at radius 1 is 1.42 bits per heavy atom. The van der Waals surface area contributed by atoms with Crippen molar-refractivity contribution in [3.05, 3.63) is 41.0 Å². The van der Waals surface area contributed by atoms with Crippen molar-refractivity contribution in [3.8, 4) is 0 Å². The maximum atomic E-state index is 13.4. The number of nitrogen functional groups attached to an aromatic ring is 1. The number of nitrogens with one attached hydrogen (secondary N) is 1. The zero-order valence-electron chi connectivity index (χ0n) is 10.6. The van der Waals surface area contributed by atoms with Gasteiger partial charge in [-0.2, -0.15) is 0 Å². The zero-order valence-corrected chi connectivity index (χ0v) is 11.5. The van der Waals surface area contributed by atoms with Crippen LogP contribution in [0.3, 0.4) is 0 Å². The first kappa shape index (κ1) is 13.5. The number of thioether (sulfide) groups is 1. The molecular weight excluding hydrogens is 265 g/mol. The number of amidine groups is 1. The Bertz CT molecular complexity index is 623. The van der Waals surface area contributed by atoms with Gasteiger partial charge >= 0.3 is 0 Å². The smallest absolute Gasteiger partial charge is 0.191 e. The van der Waals surface area contributed by atoms with E-state index < -0.39 is 5.82 Å². The zero-order chi connectivity index (χ0) is 14.0. The van der Waals surface area contributed by atoms with Crippen LogP contribution in [0.15, 0.2) is 23.4 Å². The van der Waals surface area contributed by atoms with Crippen molar-refractivity contribution in [3.63, 3.8) is 0 Å². The molecule has 2 rings (SSSR count). The Morgan fingerprint density at radius 2 is 2.16 bits per heavy atom. The average molecular weight is 279 g/mol. The number of hydrogen-bond acceptors (Lipinski definition) is 4. The summed E-state index contributed by atoms with van der Waals surface area (Å²) in [5, 5.41) is 16.1. The lowest BCUT2D eigenvalue weighted by atomic mass is 10.1. The Balaban J connectivity index is 2.15. The van der Waals surface area contributed by atoms with Crippen LogP contribution in [-0.4, -0.2) is 20.6 Å². The van der Waals surface area contributed by atoms with Crippen molar-refractivity contribution in [2.75, 3.05) is 0 Å². The molecule has 0 spiro atoms. The molecule has 0 radical (unpaired) electrons. The summed E-state index contributed by atoms with van der Waals surface area (Å²) in [5.41, 5.74) is 6.52. The molecular formula is C12H14FN5S. The SMILES string of the molecule is Cc1nnc(SCc2cc(F)cc(C(=N)N)c2)n1C. The summed E-state index contributed by atoms with van der Waals surface area (Å²) < 4.78 is 15.3. The van der Waals surface area contributed by atoms with E-state index in [-0.39, 0.29) is 5.84 Å². The molecule has 1 aromatic heterocycles. The molecule has 7 heteroatoms. The first-order valence-electron chi connectivity index (χ1n) is 5.60. The predicted octanol–water partition coefficient (Wildman–Crippen LogP) is 1.84. The highest BCUT2D eigenvalue weighted by Gasteiger charge is 2.08. The number of hydrogen-bond donors (Lipinski definition) is 2. The van der Waals surface area contributed by atoms with Crippen LogP contribution in [0, 0.1) is 18.2 Å². The van der Waals surface area contributed by atoms with Crippen LogP contribution in [0.5, 0.6) is 0 Å². The fraction of sp³-hybridized carbons (Fsp3) is 0.250. The lowest BCUT2D eigenvalue weighted by Crippen LogP contribution is -2.11. The molecule has 0 saturated heterocycles. The van der Waals surface area contributed by atoms with Crippen LogP contribution in [0.25, 0.3) is 0 Å². The monoisotopic (exact) mass is 279 g/mol. The van der Waals surface area contributed by atoms with Crippen LogP contribution < -0.4 is 5.73 Å². The van der Waals surface area contributed by atoms with E-state index in [1.165, 1.54) is 23.9 Å². The molecule has 1 heterocycles. The lowest BCUT2D eigenvalue weighted by molar-refractivity contribution is 0.626. The highest BCUT2D eigenvalue weighted by Crippen LogP contribution is 2.22. The summed E-state index contributed by atoms with van der Waals surface area (Å²) in [6, 6.07) is 4.40. The van der Waals surface area contributed by atoms with Crippen molar-refractivity contribution in [1.29, 1.82) is 5.41 Å². The van der Waals surface area contributed by atoms with E-state index in [1.807, 2.05) is 18.5 Å². The second kappa shape index (κ2) is 5.40. The van der Waals surface area contributed by atoms with Gasteiger partial charge < -0.3 is 10.3 Å². The normalized spacial score (nSPS) is 10.7. The predicted molar refractivity (Wildman–Crippen MR) is 72.7 cm³/mol. The molecule has 0 unspecified atom stereocenters. The molecule has 0 amide bonds. The first-order valence-corrected chi connectivity index (χ1v) is 6.58. The van der Waals surface area contributed by atoms with Gasteiger partial charge in [-0.3, -0.25) is 5.41 Å². The maximum absolute atomic E-state index is 13.4. The van der Waals surface area contributed by atoms with Crippen LogP contribution >= 0.6 is 11.8 Å². The summed E-state index contributed by atoms with van der Waals surface area (Å²) >= 11 is 1.46. The Morgan fingerprint density at radius 3 is 2.74 bits per heavy atom. The third-order valence-electron chi connectivity index (χ3n) is 2.69. The van der Waals surface area contributed by atoms with Crippen molar-refractivity contribution in [2.24, 2.45) is 12.8 Å². The number of benzene rings is 1. The van der Waals surface area contributed by atoms with Gasteiger partial charge in [0.1, 0.15) is 17.5 Å². The van der Waals surface area contributed by atoms with E-state index in [9.17, 15) is 4.39 Å². The summed E-state index contributed by atoms with van der Waals surface area (Å²) in [6.07, 6.45) is 0. The number of halogens is 1. The van der Waals surface area contributed by atoms with Gasteiger partial charge in [0.15, 0.2) is 5.16 Å². The average Bonchev–Trinajstić information content (AvgIpc) is 2.67. The standard InChI is InChI=1S/C12H14FN5S/c1-7-16-17-12(18(7)2)19-6-8-3-9(11(14)15)5-10(13)4-8/h3-5H,6H2,1-2H3,(H3,14,15). The molecule has 0 saturated carbocycles. The molecule has 19 heavy (non-hydrogen) atoms. The van der Waals surface area contributed by atoms with Crippen molar-refractivity contribution < 1.29 is 4.39 Å². The van der Waals surface area contributed by atoms with Crippen LogP contribution in [0.4, 0.5) is 4.39 Å². The minimum Gasteiger partial charge on any atom is -0.384 e. The summed E-state index contributed by atoms with van der Waals surface area (Å²) in [6.45, 7) is 1.87. The number of nitrogens with zero attached hydrogens (tertiary/aromatic N) is 3. The molecule has 0 fully saturated rings. The topological polar surface area (TPSA) is 80.6 Å². The highest BCUT2D eigenvalue weighted by atomic mass is 32.2. The molecule has 3 N–H and O–H groups in total. The number of nitrogens with two attached hydrogens (primary N) is 1. The molecule has 0 aliphatic carbocycles. The lowest BCUT2D eigenvalue weighted by Gasteiger charge is -2.05. The molecule has 0 bridgehead atoms. The summed E-state index contributed by atoms with van der Waals surface area (Å²) in [5.74, 6) is 0.841. The van der Waals surface area contributed by atoms with E-state index in [2.05, 4.69) is 10.2 Å². The molecule has 100 valence electrons. The maximum Gasteiger partial charge on any atom is 0.191 e. The van der Waals surface area contributed by atoms with Gasteiger partial charge in [-0.25, -0.2) is 4.39 Å². The molecule has 5 nitrogen and oxygen atoms in total. The third-order valence-corrected chi connectivity index (χ3v) is 3.78. The largest absolute Gasteiger partial charge is 0.384 e. The van der Waals surface area contributed by atoms with Gasteiger partial charge in [0.2, 0.25) is 0 Å². The minimum atomic E-state index is -0.391.